The summed E-state index contributed by atoms with van der Waals surface area (Å²) in [5, 5.41) is 3.00. The monoisotopic (exact) mass is 442 g/mol. The van der Waals surface area contributed by atoms with E-state index < -0.39 is 5.60 Å². The first kappa shape index (κ1) is 25.5. The zero-order chi connectivity index (χ0) is 24.1. The third kappa shape index (κ3) is 6.62. The minimum Gasteiger partial charge on any atom is -0.465 e. The number of amides is 1. The normalized spacial score (nSPS) is 19.2. The van der Waals surface area contributed by atoms with Crippen LogP contribution in [0.15, 0.2) is 30.9 Å². The van der Waals surface area contributed by atoms with Crippen molar-refractivity contribution in [3.8, 4) is 0 Å². The predicted octanol–water partition coefficient (Wildman–Crippen LogP) is 5.64. The van der Waals surface area contributed by atoms with E-state index in [2.05, 4.69) is 29.9 Å². The van der Waals surface area contributed by atoms with Crippen molar-refractivity contribution < 1.29 is 19.1 Å². The Bertz CT molecular complexity index is 875. The molecule has 0 atom stereocenters. The molecular formula is C26H38N2O4. The molecule has 0 saturated heterocycles. The molecule has 0 unspecified atom stereocenters. The number of hydrogen-bond donors (Lipinski definition) is 1. The van der Waals surface area contributed by atoms with Gasteiger partial charge in [0.05, 0.1) is 12.7 Å². The summed E-state index contributed by atoms with van der Waals surface area (Å²) in [6, 6.07) is 4.44. The molecule has 0 aromatic heterocycles. The van der Waals surface area contributed by atoms with Crippen molar-refractivity contribution in [2.24, 2.45) is 0 Å². The maximum absolute atomic E-state index is 12.4. The Morgan fingerprint density at radius 2 is 1.81 bits per heavy atom. The number of alkyl carbamates (subject to hydrolysis) is 1. The van der Waals surface area contributed by atoms with Crippen LogP contribution in [0.4, 0.5) is 10.5 Å². The van der Waals surface area contributed by atoms with E-state index in [9.17, 15) is 9.59 Å². The van der Waals surface area contributed by atoms with Crippen molar-refractivity contribution in [2.75, 3.05) is 19.1 Å². The van der Waals surface area contributed by atoms with Gasteiger partial charge in [0.25, 0.3) is 0 Å². The molecule has 0 aliphatic heterocycles. The molecule has 1 N–H and O–H groups in total. The van der Waals surface area contributed by atoms with Crippen LogP contribution in [0.5, 0.6) is 0 Å². The summed E-state index contributed by atoms with van der Waals surface area (Å²) < 4.78 is 10.4. The van der Waals surface area contributed by atoms with Crippen molar-refractivity contribution in [1.82, 2.24) is 5.32 Å². The lowest BCUT2D eigenvalue weighted by Gasteiger charge is -2.37. The summed E-state index contributed by atoms with van der Waals surface area (Å²) in [4.78, 5) is 26.8. The van der Waals surface area contributed by atoms with Crippen molar-refractivity contribution in [3.63, 3.8) is 0 Å². The van der Waals surface area contributed by atoms with Crippen LogP contribution in [0, 0.1) is 6.92 Å². The van der Waals surface area contributed by atoms with Crippen LogP contribution in [0.1, 0.15) is 74.9 Å². The fourth-order valence-corrected chi connectivity index (χ4v) is 4.17. The van der Waals surface area contributed by atoms with Gasteiger partial charge >= 0.3 is 12.1 Å². The largest absolute Gasteiger partial charge is 0.465 e. The van der Waals surface area contributed by atoms with Crippen LogP contribution in [0.3, 0.4) is 0 Å². The average Bonchev–Trinajstić information content (AvgIpc) is 2.72. The van der Waals surface area contributed by atoms with E-state index in [0.29, 0.717) is 11.6 Å². The number of methoxy groups -OCH3 is 1. The number of benzene rings is 1. The van der Waals surface area contributed by atoms with E-state index in [0.717, 1.165) is 48.1 Å². The van der Waals surface area contributed by atoms with Gasteiger partial charge in [-0.25, -0.2) is 9.59 Å². The highest BCUT2D eigenvalue weighted by atomic mass is 16.6. The molecule has 0 bridgehead atoms. The first-order chi connectivity index (χ1) is 15.0. The van der Waals surface area contributed by atoms with E-state index in [4.69, 9.17) is 9.47 Å². The molecule has 6 heteroatoms. The number of rotatable bonds is 6. The number of hydrogen-bond acceptors (Lipinski definition) is 5. The quantitative estimate of drug-likeness (QED) is 0.456. The molecule has 1 fully saturated rings. The van der Waals surface area contributed by atoms with Crippen molar-refractivity contribution in [3.05, 3.63) is 47.6 Å². The van der Waals surface area contributed by atoms with E-state index in [1.807, 2.05) is 46.8 Å². The zero-order valence-corrected chi connectivity index (χ0v) is 20.6. The number of carbonyl (C=O) groups excluding carboxylic acids is 2. The number of anilines is 1. The molecular weight excluding hydrogens is 404 g/mol. The lowest BCUT2D eigenvalue weighted by molar-refractivity contribution is 0.0490. The Morgan fingerprint density at radius 3 is 2.34 bits per heavy atom. The molecule has 2 rings (SSSR count). The molecule has 1 aliphatic rings. The van der Waals surface area contributed by atoms with Crippen LogP contribution < -0.4 is 10.2 Å². The summed E-state index contributed by atoms with van der Waals surface area (Å²) >= 11 is 0. The molecule has 1 amide bonds. The van der Waals surface area contributed by atoms with Gasteiger partial charge in [0, 0.05) is 24.8 Å². The molecule has 1 saturated carbocycles. The SMILES string of the molecule is C=C/C=C(\C)c1cc(C(=O)OC)c(C)c(N(C)C2CCC(NC(=O)OC(C)(C)C)CC2)c1. The minimum absolute atomic E-state index is 0.116. The fraction of sp³-hybridized carbons (Fsp3) is 0.538. The number of nitrogens with zero attached hydrogens (tertiary/aromatic N) is 1. The van der Waals surface area contributed by atoms with Gasteiger partial charge in [-0.15, -0.1) is 0 Å². The highest BCUT2D eigenvalue weighted by molar-refractivity contribution is 5.94. The molecule has 0 radical (unpaired) electrons. The Balaban J connectivity index is 2.19. The second-order valence-corrected chi connectivity index (χ2v) is 9.51. The molecule has 1 aromatic carbocycles. The van der Waals surface area contributed by atoms with Crippen LogP contribution in [-0.4, -0.2) is 43.9 Å². The lowest BCUT2D eigenvalue weighted by atomic mass is 9.89. The molecule has 1 aliphatic carbocycles. The molecule has 176 valence electrons. The van der Waals surface area contributed by atoms with Gasteiger partial charge in [-0.05, 0) is 89.1 Å². The summed E-state index contributed by atoms with van der Waals surface area (Å²) in [5.74, 6) is -0.337. The highest BCUT2D eigenvalue weighted by Gasteiger charge is 2.28. The second kappa shape index (κ2) is 10.7. The van der Waals surface area contributed by atoms with Gasteiger partial charge in [-0.3, -0.25) is 0 Å². The summed E-state index contributed by atoms with van der Waals surface area (Å²) in [7, 11) is 3.48. The second-order valence-electron chi connectivity index (χ2n) is 9.51. The Hall–Kier alpha value is -2.76. The summed E-state index contributed by atoms with van der Waals surface area (Å²) in [5.41, 5.74) is 4.00. The summed E-state index contributed by atoms with van der Waals surface area (Å²) in [6.45, 7) is 13.3. The van der Waals surface area contributed by atoms with E-state index in [1.54, 1.807) is 6.08 Å². The maximum Gasteiger partial charge on any atom is 0.407 e. The van der Waals surface area contributed by atoms with Gasteiger partial charge in [0.15, 0.2) is 0 Å². The van der Waals surface area contributed by atoms with Gasteiger partial charge < -0.3 is 19.7 Å². The van der Waals surface area contributed by atoms with Crippen LogP contribution in [0.25, 0.3) is 5.57 Å². The zero-order valence-electron chi connectivity index (χ0n) is 20.6. The topological polar surface area (TPSA) is 67.9 Å². The van der Waals surface area contributed by atoms with Crippen LogP contribution >= 0.6 is 0 Å². The van der Waals surface area contributed by atoms with E-state index in [1.165, 1.54) is 7.11 Å². The predicted molar refractivity (Wildman–Crippen MR) is 130 cm³/mol. The molecule has 32 heavy (non-hydrogen) atoms. The number of ether oxygens (including phenoxy) is 2. The van der Waals surface area contributed by atoms with Gasteiger partial charge in [0.2, 0.25) is 0 Å². The van der Waals surface area contributed by atoms with Crippen molar-refractivity contribution >= 4 is 23.3 Å². The third-order valence-corrected chi connectivity index (χ3v) is 5.95. The Morgan fingerprint density at radius 1 is 1.19 bits per heavy atom. The molecule has 6 nitrogen and oxygen atoms in total. The van der Waals surface area contributed by atoms with Crippen molar-refractivity contribution in [1.29, 1.82) is 0 Å². The number of nitrogens with one attached hydrogen (secondary N) is 1. The number of carbonyl (C=O) groups is 2. The first-order valence-corrected chi connectivity index (χ1v) is 11.2. The summed E-state index contributed by atoms with van der Waals surface area (Å²) in [6.07, 6.45) is 6.97. The smallest absolute Gasteiger partial charge is 0.407 e. The standard InChI is InChI=1S/C26H38N2O4/c1-9-10-17(2)19-15-22(24(29)31-8)18(3)23(16-19)28(7)21-13-11-20(12-14-21)27-25(30)32-26(4,5)6/h9-10,15-16,20-21H,1,11-14H2,2-8H3,(H,27,30)/b17-10+. The van der Waals surface area contributed by atoms with Crippen LogP contribution in [-0.2, 0) is 9.47 Å². The van der Waals surface area contributed by atoms with E-state index in [-0.39, 0.29) is 18.1 Å². The third-order valence-electron chi connectivity index (χ3n) is 5.95. The Kier molecular flexibility index (Phi) is 8.53. The van der Waals surface area contributed by atoms with Gasteiger partial charge in [0.1, 0.15) is 5.60 Å². The van der Waals surface area contributed by atoms with Crippen LogP contribution in [0.2, 0.25) is 0 Å². The maximum atomic E-state index is 12.4. The Labute approximate surface area is 192 Å². The van der Waals surface area contributed by atoms with E-state index >= 15 is 0 Å². The number of allylic oxidation sites excluding steroid dienone is 3. The first-order valence-electron chi connectivity index (χ1n) is 11.2. The van der Waals surface area contributed by atoms with Crippen molar-refractivity contribution in [2.45, 2.75) is 78.0 Å². The molecule has 0 spiro atoms. The average molecular weight is 443 g/mol. The van der Waals surface area contributed by atoms with Gasteiger partial charge in [-0.2, -0.15) is 0 Å². The fourth-order valence-electron chi connectivity index (χ4n) is 4.17. The minimum atomic E-state index is -0.500. The highest BCUT2D eigenvalue weighted by Crippen LogP contribution is 2.33. The molecule has 0 heterocycles. The lowest BCUT2D eigenvalue weighted by Crippen LogP contribution is -2.44. The van der Waals surface area contributed by atoms with Gasteiger partial charge in [-0.1, -0.05) is 18.7 Å². The number of esters is 1. The molecule has 1 aromatic rings.